The minimum atomic E-state index is 0.290. The van der Waals surface area contributed by atoms with Crippen molar-refractivity contribution in [2.75, 3.05) is 24.5 Å². The third-order valence-electron chi connectivity index (χ3n) is 3.57. The molecule has 0 amide bonds. The van der Waals surface area contributed by atoms with E-state index in [2.05, 4.69) is 48.3 Å². The van der Waals surface area contributed by atoms with Crippen molar-refractivity contribution < 1.29 is 0 Å². The van der Waals surface area contributed by atoms with Gasteiger partial charge < -0.3 is 10.2 Å². The lowest BCUT2D eigenvalue weighted by atomic mass is 10.1. The summed E-state index contributed by atoms with van der Waals surface area (Å²) >= 11 is 0. The third-order valence-corrected chi connectivity index (χ3v) is 3.57. The van der Waals surface area contributed by atoms with Gasteiger partial charge in [-0.25, -0.2) is 0 Å². The quantitative estimate of drug-likeness (QED) is 0.867. The van der Waals surface area contributed by atoms with Gasteiger partial charge in [0.2, 0.25) is 0 Å². The van der Waals surface area contributed by atoms with Gasteiger partial charge in [0, 0.05) is 18.8 Å². The summed E-state index contributed by atoms with van der Waals surface area (Å²) in [6.07, 6.45) is 1.72. The molecule has 1 heterocycles. The Morgan fingerprint density at radius 1 is 1.44 bits per heavy atom. The monoisotopic (exact) mass is 243 g/mol. The molecule has 0 radical (unpaired) electrons. The molecule has 1 saturated heterocycles. The number of nitrogens with zero attached hydrogens (tertiary/aromatic N) is 2. The molecule has 96 valence electrons. The lowest BCUT2D eigenvalue weighted by molar-refractivity contribution is 0.596. The minimum Gasteiger partial charge on any atom is -0.366 e. The highest BCUT2D eigenvalue weighted by Gasteiger charge is 2.22. The molecule has 1 N–H and O–H groups in total. The van der Waals surface area contributed by atoms with Crippen molar-refractivity contribution >= 4 is 5.69 Å². The Balaban J connectivity index is 2.31. The van der Waals surface area contributed by atoms with Crippen LogP contribution in [-0.4, -0.2) is 25.7 Å². The van der Waals surface area contributed by atoms with Crippen LogP contribution in [-0.2, 0) is 0 Å². The van der Waals surface area contributed by atoms with Gasteiger partial charge in [-0.2, -0.15) is 5.26 Å². The molecule has 0 bridgehead atoms. The number of nitrogens with one attached hydrogen (secondary N) is 1. The van der Waals surface area contributed by atoms with Gasteiger partial charge in [0.15, 0.2) is 0 Å². The predicted molar refractivity (Wildman–Crippen MR) is 74.8 cm³/mol. The van der Waals surface area contributed by atoms with Crippen molar-refractivity contribution in [1.29, 1.82) is 5.26 Å². The van der Waals surface area contributed by atoms with Gasteiger partial charge in [-0.15, -0.1) is 0 Å². The Hall–Kier alpha value is -1.53. The first-order chi connectivity index (χ1) is 8.72. The molecule has 18 heavy (non-hydrogen) atoms. The molecule has 1 fully saturated rings. The smallest absolute Gasteiger partial charge is 0.0643 e. The van der Waals surface area contributed by atoms with Crippen molar-refractivity contribution in [2.45, 2.75) is 32.7 Å². The minimum absolute atomic E-state index is 0.290. The number of benzene rings is 1. The van der Waals surface area contributed by atoms with E-state index in [0.29, 0.717) is 6.42 Å². The first-order valence-electron chi connectivity index (χ1n) is 6.64. The van der Waals surface area contributed by atoms with Crippen LogP contribution in [0.5, 0.6) is 0 Å². The van der Waals surface area contributed by atoms with E-state index < -0.39 is 0 Å². The topological polar surface area (TPSA) is 39.1 Å². The summed E-state index contributed by atoms with van der Waals surface area (Å²) in [6.45, 7) is 7.25. The molecule has 1 aliphatic heterocycles. The molecule has 1 unspecified atom stereocenters. The SMILES string of the molecule is Cc1ccc(C)c(N2CCCNCC2CC#N)c1. The Morgan fingerprint density at radius 3 is 3.06 bits per heavy atom. The zero-order valence-corrected chi connectivity index (χ0v) is 11.2. The number of hydrogen-bond donors (Lipinski definition) is 1. The summed E-state index contributed by atoms with van der Waals surface area (Å²) in [4.78, 5) is 2.41. The Bertz CT molecular complexity index is 448. The molecular formula is C15H21N3. The molecule has 3 heteroatoms. The van der Waals surface area contributed by atoms with E-state index in [0.717, 1.165) is 26.1 Å². The average Bonchev–Trinajstić information content (AvgIpc) is 2.58. The molecule has 0 spiro atoms. The summed E-state index contributed by atoms with van der Waals surface area (Å²) in [7, 11) is 0. The first kappa shape index (κ1) is 12.9. The highest BCUT2D eigenvalue weighted by Crippen LogP contribution is 2.25. The molecule has 1 aromatic rings. The van der Waals surface area contributed by atoms with Crippen LogP contribution >= 0.6 is 0 Å². The lowest BCUT2D eigenvalue weighted by Crippen LogP contribution is -2.40. The molecule has 0 saturated carbocycles. The Morgan fingerprint density at radius 2 is 2.28 bits per heavy atom. The van der Waals surface area contributed by atoms with Crippen molar-refractivity contribution in [3.8, 4) is 6.07 Å². The van der Waals surface area contributed by atoms with Crippen LogP contribution in [0, 0.1) is 25.2 Å². The van der Waals surface area contributed by atoms with E-state index in [9.17, 15) is 0 Å². The van der Waals surface area contributed by atoms with Crippen LogP contribution in [0.3, 0.4) is 0 Å². The largest absolute Gasteiger partial charge is 0.366 e. The number of anilines is 1. The summed E-state index contributed by atoms with van der Waals surface area (Å²) in [5, 5.41) is 12.4. The van der Waals surface area contributed by atoms with Gasteiger partial charge >= 0.3 is 0 Å². The maximum atomic E-state index is 8.99. The van der Waals surface area contributed by atoms with Crippen molar-refractivity contribution in [3.05, 3.63) is 29.3 Å². The van der Waals surface area contributed by atoms with Crippen LogP contribution in [0.2, 0.25) is 0 Å². The number of aryl methyl sites for hydroxylation is 2. The third kappa shape index (κ3) is 2.83. The van der Waals surface area contributed by atoms with Gasteiger partial charge in [-0.1, -0.05) is 12.1 Å². The summed E-state index contributed by atoms with van der Waals surface area (Å²) < 4.78 is 0. The fraction of sp³-hybridized carbons (Fsp3) is 0.533. The summed E-state index contributed by atoms with van der Waals surface area (Å²) in [5.74, 6) is 0. The fourth-order valence-corrected chi connectivity index (χ4v) is 2.57. The van der Waals surface area contributed by atoms with Gasteiger partial charge in [0.05, 0.1) is 18.5 Å². The van der Waals surface area contributed by atoms with E-state index in [1.807, 2.05) is 0 Å². The van der Waals surface area contributed by atoms with Crippen molar-refractivity contribution in [1.82, 2.24) is 5.32 Å². The summed E-state index contributed by atoms with van der Waals surface area (Å²) in [6, 6.07) is 9.17. The van der Waals surface area contributed by atoms with Crippen LogP contribution < -0.4 is 10.2 Å². The number of hydrogen-bond acceptors (Lipinski definition) is 3. The highest BCUT2D eigenvalue weighted by atomic mass is 15.2. The van der Waals surface area contributed by atoms with E-state index in [1.54, 1.807) is 0 Å². The molecular weight excluding hydrogens is 222 g/mol. The fourth-order valence-electron chi connectivity index (χ4n) is 2.57. The van der Waals surface area contributed by atoms with E-state index in [-0.39, 0.29) is 6.04 Å². The van der Waals surface area contributed by atoms with E-state index in [1.165, 1.54) is 16.8 Å². The summed E-state index contributed by atoms with van der Waals surface area (Å²) in [5.41, 5.74) is 3.87. The second-order valence-electron chi connectivity index (χ2n) is 5.06. The number of nitriles is 1. The molecule has 1 aliphatic rings. The molecule has 3 nitrogen and oxygen atoms in total. The van der Waals surface area contributed by atoms with Crippen molar-refractivity contribution in [3.63, 3.8) is 0 Å². The van der Waals surface area contributed by atoms with Gasteiger partial charge in [0.25, 0.3) is 0 Å². The molecule has 1 atom stereocenters. The maximum Gasteiger partial charge on any atom is 0.0643 e. The van der Waals surface area contributed by atoms with Gasteiger partial charge in [0.1, 0.15) is 0 Å². The maximum absolute atomic E-state index is 8.99. The first-order valence-corrected chi connectivity index (χ1v) is 6.64. The lowest BCUT2D eigenvalue weighted by Gasteiger charge is -2.32. The standard InChI is InChI=1S/C15H21N3/c1-12-4-5-13(2)15(10-12)18-9-3-8-17-11-14(18)6-7-16/h4-5,10,14,17H,3,6,8-9,11H2,1-2H3. The van der Waals surface area contributed by atoms with Crippen molar-refractivity contribution in [2.24, 2.45) is 0 Å². The van der Waals surface area contributed by atoms with Gasteiger partial charge in [-0.05, 0) is 44.0 Å². The highest BCUT2D eigenvalue weighted by molar-refractivity contribution is 5.56. The average molecular weight is 243 g/mol. The Kier molecular flexibility index (Phi) is 4.22. The number of rotatable bonds is 2. The second kappa shape index (κ2) is 5.88. The van der Waals surface area contributed by atoms with E-state index in [4.69, 9.17) is 5.26 Å². The second-order valence-corrected chi connectivity index (χ2v) is 5.06. The molecule has 0 aromatic heterocycles. The Labute approximate surface area is 109 Å². The predicted octanol–water partition coefficient (Wildman–Crippen LogP) is 2.39. The molecule has 0 aliphatic carbocycles. The molecule has 1 aromatic carbocycles. The van der Waals surface area contributed by atoms with Crippen LogP contribution in [0.1, 0.15) is 24.0 Å². The normalized spacial score (nSPS) is 20.3. The van der Waals surface area contributed by atoms with Crippen LogP contribution in [0.25, 0.3) is 0 Å². The van der Waals surface area contributed by atoms with Crippen LogP contribution in [0.4, 0.5) is 5.69 Å². The molecule has 2 rings (SSSR count). The zero-order valence-electron chi connectivity index (χ0n) is 11.2. The van der Waals surface area contributed by atoms with Crippen LogP contribution in [0.15, 0.2) is 18.2 Å². The zero-order chi connectivity index (χ0) is 13.0. The van der Waals surface area contributed by atoms with E-state index >= 15 is 0 Å². The van der Waals surface area contributed by atoms with Gasteiger partial charge in [-0.3, -0.25) is 0 Å².